The molecule has 118 valence electrons. The van der Waals surface area contributed by atoms with E-state index in [1.165, 1.54) is 16.7 Å². The van der Waals surface area contributed by atoms with Gasteiger partial charge in [-0.15, -0.1) is 0 Å². The van der Waals surface area contributed by atoms with Gasteiger partial charge in [-0.3, -0.25) is 4.79 Å². The summed E-state index contributed by atoms with van der Waals surface area (Å²) in [5.41, 5.74) is 4.97. The maximum absolute atomic E-state index is 12.2. The van der Waals surface area contributed by atoms with Gasteiger partial charge in [-0.05, 0) is 54.2 Å². The smallest absolute Gasteiger partial charge is 0.223 e. The van der Waals surface area contributed by atoms with Crippen molar-refractivity contribution in [1.29, 1.82) is 0 Å². The average Bonchev–Trinajstić information content (AvgIpc) is 2.91. The van der Waals surface area contributed by atoms with Crippen molar-refractivity contribution in [2.75, 3.05) is 18.6 Å². The normalized spacial score (nSPS) is 21.9. The molecule has 1 aliphatic carbocycles. The highest BCUT2D eigenvalue weighted by Crippen LogP contribution is 2.51. The van der Waals surface area contributed by atoms with Crippen molar-refractivity contribution in [3.63, 3.8) is 0 Å². The van der Waals surface area contributed by atoms with Crippen LogP contribution in [0.4, 0.5) is 5.69 Å². The maximum atomic E-state index is 12.2. The molecule has 0 N–H and O–H groups in total. The summed E-state index contributed by atoms with van der Waals surface area (Å²) in [6.45, 7) is 2.40. The third-order valence-corrected chi connectivity index (χ3v) is 5.40. The number of para-hydroxylation sites is 1. The minimum atomic E-state index is -0.0929. The Kier molecular flexibility index (Phi) is 3.19. The lowest BCUT2D eigenvalue weighted by atomic mass is 9.67. The fourth-order valence-corrected chi connectivity index (χ4v) is 4.34. The van der Waals surface area contributed by atoms with Gasteiger partial charge in [0.25, 0.3) is 0 Å². The molecule has 1 amide bonds. The van der Waals surface area contributed by atoms with E-state index in [9.17, 15) is 4.79 Å². The average molecular weight is 307 g/mol. The topological polar surface area (TPSA) is 29.5 Å². The SMILES string of the molecule is COc1ccc2c(c1)[C@@]1(CCC2)CN(C(C)=O)c2ccccc21. The summed E-state index contributed by atoms with van der Waals surface area (Å²) < 4.78 is 5.46. The van der Waals surface area contributed by atoms with Crippen molar-refractivity contribution in [2.24, 2.45) is 0 Å². The van der Waals surface area contributed by atoms with Crippen LogP contribution in [0.5, 0.6) is 5.75 Å². The van der Waals surface area contributed by atoms with E-state index in [0.717, 1.165) is 37.2 Å². The molecule has 2 aromatic rings. The first-order valence-electron chi connectivity index (χ1n) is 8.21. The number of aryl methyl sites for hydroxylation is 1. The number of hydrogen-bond donors (Lipinski definition) is 0. The number of hydrogen-bond acceptors (Lipinski definition) is 2. The molecule has 1 spiro atoms. The lowest BCUT2D eigenvalue weighted by molar-refractivity contribution is -0.116. The number of amides is 1. The van der Waals surface area contributed by atoms with Gasteiger partial charge in [-0.25, -0.2) is 0 Å². The van der Waals surface area contributed by atoms with Gasteiger partial charge in [0, 0.05) is 24.6 Å². The first-order chi connectivity index (χ1) is 11.2. The highest BCUT2D eigenvalue weighted by molar-refractivity contribution is 5.95. The third-order valence-electron chi connectivity index (χ3n) is 5.40. The minimum Gasteiger partial charge on any atom is -0.497 e. The standard InChI is InChI=1S/C20H21NO2/c1-14(22)21-13-20(17-7-3-4-8-19(17)21)11-5-6-15-9-10-16(23-2)12-18(15)20/h3-4,7-10,12H,5-6,11,13H2,1-2H3/t20-/m0/s1. The van der Waals surface area contributed by atoms with Crippen molar-refractivity contribution < 1.29 is 9.53 Å². The molecule has 2 aromatic carbocycles. The molecule has 0 saturated heterocycles. The summed E-state index contributed by atoms with van der Waals surface area (Å²) >= 11 is 0. The molecule has 0 aromatic heterocycles. The van der Waals surface area contributed by atoms with Crippen LogP contribution >= 0.6 is 0 Å². The van der Waals surface area contributed by atoms with Crippen molar-refractivity contribution >= 4 is 11.6 Å². The Morgan fingerprint density at radius 3 is 2.78 bits per heavy atom. The van der Waals surface area contributed by atoms with E-state index in [4.69, 9.17) is 4.74 Å². The van der Waals surface area contributed by atoms with Gasteiger partial charge in [0.15, 0.2) is 0 Å². The van der Waals surface area contributed by atoms with Crippen LogP contribution in [0.1, 0.15) is 36.5 Å². The number of ether oxygens (including phenoxy) is 1. The summed E-state index contributed by atoms with van der Waals surface area (Å²) in [6.07, 6.45) is 3.33. The Morgan fingerprint density at radius 2 is 2.00 bits per heavy atom. The van der Waals surface area contributed by atoms with E-state index in [2.05, 4.69) is 30.3 Å². The van der Waals surface area contributed by atoms with Crippen molar-refractivity contribution in [1.82, 2.24) is 0 Å². The van der Waals surface area contributed by atoms with Crippen LogP contribution in [0.25, 0.3) is 0 Å². The quantitative estimate of drug-likeness (QED) is 0.804. The number of nitrogens with zero attached hydrogens (tertiary/aromatic N) is 1. The van der Waals surface area contributed by atoms with Crippen LogP contribution in [0.3, 0.4) is 0 Å². The first-order valence-corrected chi connectivity index (χ1v) is 8.21. The Labute approximate surface area is 136 Å². The monoisotopic (exact) mass is 307 g/mol. The molecule has 0 bridgehead atoms. The molecule has 0 fully saturated rings. The number of rotatable bonds is 1. The summed E-state index contributed by atoms with van der Waals surface area (Å²) in [6, 6.07) is 14.8. The van der Waals surface area contributed by atoms with Gasteiger partial charge in [0.2, 0.25) is 5.91 Å². The molecule has 0 saturated carbocycles. The van der Waals surface area contributed by atoms with Gasteiger partial charge in [0.1, 0.15) is 5.75 Å². The van der Waals surface area contributed by atoms with Gasteiger partial charge >= 0.3 is 0 Å². The molecular weight excluding hydrogens is 286 g/mol. The molecule has 0 radical (unpaired) electrons. The lowest BCUT2D eigenvalue weighted by Gasteiger charge is -2.37. The highest BCUT2D eigenvalue weighted by Gasteiger charge is 2.47. The second-order valence-corrected chi connectivity index (χ2v) is 6.58. The van der Waals surface area contributed by atoms with Gasteiger partial charge < -0.3 is 9.64 Å². The predicted octanol–water partition coefficient (Wildman–Crippen LogP) is 3.68. The van der Waals surface area contributed by atoms with Crippen LogP contribution in [-0.2, 0) is 16.6 Å². The molecular formula is C20H21NO2. The molecule has 0 unspecified atom stereocenters. The number of carbonyl (C=O) groups excluding carboxylic acids is 1. The number of fused-ring (bicyclic) bond motifs is 4. The van der Waals surface area contributed by atoms with E-state index in [1.54, 1.807) is 14.0 Å². The Balaban J connectivity index is 1.95. The Morgan fingerprint density at radius 1 is 1.17 bits per heavy atom. The largest absolute Gasteiger partial charge is 0.497 e. The van der Waals surface area contributed by atoms with E-state index in [1.807, 2.05) is 17.0 Å². The number of anilines is 1. The van der Waals surface area contributed by atoms with Crippen LogP contribution < -0.4 is 9.64 Å². The van der Waals surface area contributed by atoms with E-state index in [0.29, 0.717) is 0 Å². The summed E-state index contributed by atoms with van der Waals surface area (Å²) in [7, 11) is 1.71. The zero-order chi connectivity index (χ0) is 16.0. The van der Waals surface area contributed by atoms with E-state index in [-0.39, 0.29) is 11.3 Å². The summed E-state index contributed by atoms with van der Waals surface area (Å²) in [5, 5.41) is 0. The molecule has 23 heavy (non-hydrogen) atoms. The van der Waals surface area contributed by atoms with Crippen LogP contribution in [0.2, 0.25) is 0 Å². The van der Waals surface area contributed by atoms with Crippen molar-refractivity contribution in [2.45, 2.75) is 31.6 Å². The fraction of sp³-hybridized carbons (Fsp3) is 0.350. The second kappa shape index (κ2) is 5.12. The molecule has 1 atom stereocenters. The summed E-state index contributed by atoms with van der Waals surface area (Å²) in [4.78, 5) is 14.1. The van der Waals surface area contributed by atoms with E-state index < -0.39 is 0 Å². The summed E-state index contributed by atoms with van der Waals surface area (Å²) in [5.74, 6) is 1.01. The molecule has 2 aliphatic rings. The number of benzene rings is 2. The number of methoxy groups -OCH3 is 1. The fourth-order valence-electron chi connectivity index (χ4n) is 4.34. The second-order valence-electron chi connectivity index (χ2n) is 6.58. The molecule has 3 nitrogen and oxygen atoms in total. The van der Waals surface area contributed by atoms with Crippen molar-refractivity contribution in [3.05, 3.63) is 59.2 Å². The molecule has 1 heterocycles. The van der Waals surface area contributed by atoms with Gasteiger partial charge in [-0.1, -0.05) is 24.3 Å². The van der Waals surface area contributed by atoms with Gasteiger partial charge in [-0.2, -0.15) is 0 Å². The maximum Gasteiger partial charge on any atom is 0.223 e. The minimum absolute atomic E-state index is 0.0929. The lowest BCUT2D eigenvalue weighted by Crippen LogP contribution is -2.39. The zero-order valence-electron chi connectivity index (χ0n) is 13.6. The first kappa shape index (κ1) is 14.3. The van der Waals surface area contributed by atoms with Crippen LogP contribution in [0.15, 0.2) is 42.5 Å². The molecule has 4 rings (SSSR count). The van der Waals surface area contributed by atoms with Crippen molar-refractivity contribution in [3.8, 4) is 5.75 Å². The predicted molar refractivity (Wildman–Crippen MR) is 91.2 cm³/mol. The molecule has 1 aliphatic heterocycles. The van der Waals surface area contributed by atoms with E-state index >= 15 is 0 Å². The van der Waals surface area contributed by atoms with Crippen LogP contribution in [0, 0.1) is 0 Å². The number of carbonyl (C=O) groups is 1. The molecule has 3 heteroatoms. The zero-order valence-corrected chi connectivity index (χ0v) is 13.6. The Hall–Kier alpha value is -2.29. The highest BCUT2D eigenvalue weighted by atomic mass is 16.5. The van der Waals surface area contributed by atoms with Gasteiger partial charge in [0.05, 0.1) is 7.11 Å². The third kappa shape index (κ3) is 1.99. The van der Waals surface area contributed by atoms with Crippen LogP contribution in [-0.4, -0.2) is 19.6 Å². The Bertz CT molecular complexity index is 783.